The molecule has 21 heavy (non-hydrogen) atoms. The van der Waals surface area contributed by atoms with Crippen LogP contribution in [0.3, 0.4) is 0 Å². The highest BCUT2D eigenvalue weighted by atomic mass is 16.5. The van der Waals surface area contributed by atoms with E-state index in [1.807, 2.05) is 32.0 Å². The summed E-state index contributed by atoms with van der Waals surface area (Å²) in [7, 11) is 1.58. The molecule has 2 rings (SSSR count). The van der Waals surface area contributed by atoms with Crippen LogP contribution in [-0.2, 0) is 0 Å². The summed E-state index contributed by atoms with van der Waals surface area (Å²) in [5, 5.41) is 2.87. The summed E-state index contributed by atoms with van der Waals surface area (Å²) in [6.07, 6.45) is 0. The van der Waals surface area contributed by atoms with Crippen LogP contribution in [0, 0.1) is 13.8 Å². The Kier molecular flexibility index (Phi) is 4.45. The lowest BCUT2D eigenvalue weighted by atomic mass is 10.1. The molecule has 0 aromatic heterocycles. The van der Waals surface area contributed by atoms with Gasteiger partial charge in [-0.1, -0.05) is 6.07 Å². The van der Waals surface area contributed by atoms with Crippen LogP contribution in [0.1, 0.15) is 21.5 Å². The molecular formula is C16H19N3O2. The van der Waals surface area contributed by atoms with Gasteiger partial charge in [-0.25, -0.2) is 0 Å². The van der Waals surface area contributed by atoms with E-state index in [0.29, 0.717) is 17.0 Å². The standard InChI is InChI=1S/C16H19N3O2/c1-10-4-7-15(21-3)14(8-10)18-16(20)12-5-6-13(19-17)11(2)9-12/h4-9,19H,17H2,1-3H3,(H,18,20). The van der Waals surface area contributed by atoms with Gasteiger partial charge in [0.25, 0.3) is 5.91 Å². The molecule has 2 aromatic rings. The van der Waals surface area contributed by atoms with E-state index in [9.17, 15) is 4.79 Å². The third-order valence-electron chi connectivity index (χ3n) is 3.25. The van der Waals surface area contributed by atoms with Crippen LogP contribution in [0.2, 0.25) is 0 Å². The van der Waals surface area contributed by atoms with Crippen molar-refractivity contribution in [1.29, 1.82) is 0 Å². The Morgan fingerprint density at radius 1 is 1.10 bits per heavy atom. The number of rotatable bonds is 4. The van der Waals surface area contributed by atoms with Crippen molar-refractivity contribution in [3.63, 3.8) is 0 Å². The largest absolute Gasteiger partial charge is 0.495 e. The lowest BCUT2D eigenvalue weighted by Crippen LogP contribution is -2.14. The molecule has 0 saturated heterocycles. The Labute approximate surface area is 124 Å². The minimum atomic E-state index is -0.189. The second-order valence-electron chi connectivity index (χ2n) is 4.83. The van der Waals surface area contributed by atoms with Crippen LogP contribution in [0.4, 0.5) is 11.4 Å². The van der Waals surface area contributed by atoms with Crippen LogP contribution in [0.25, 0.3) is 0 Å². The average molecular weight is 285 g/mol. The molecule has 0 unspecified atom stereocenters. The first kappa shape index (κ1) is 14.9. The van der Waals surface area contributed by atoms with Crippen molar-refractivity contribution in [3.8, 4) is 5.75 Å². The van der Waals surface area contributed by atoms with Gasteiger partial charge in [-0.05, 0) is 55.3 Å². The molecule has 4 N–H and O–H groups in total. The third kappa shape index (κ3) is 3.32. The van der Waals surface area contributed by atoms with Crippen LogP contribution in [0.15, 0.2) is 36.4 Å². The Morgan fingerprint density at radius 3 is 2.48 bits per heavy atom. The molecule has 0 saturated carbocycles. The van der Waals surface area contributed by atoms with Crippen molar-refractivity contribution >= 4 is 17.3 Å². The number of hydrogen-bond acceptors (Lipinski definition) is 4. The van der Waals surface area contributed by atoms with Gasteiger partial charge in [-0.2, -0.15) is 0 Å². The zero-order chi connectivity index (χ0) is 15.4. The molecule has 2 aromatic carbocycles. The summed E-state index contributed by atoms with van der Waals surface area (Å²) in [6.45, 7) is 3.85. The summed E-state index contributed by atoms with van der Waals surface area (Å²) in [5.74, 6) is 5.83. The minimum Gasteiger partial charge on any atom is -0.495 e. The fourth-order valence-corrected chi connectivity index (χ4v) is 2.08. The van der Waals surface area contributed by atoms with Crippen LogP contribution < -0.4 is 21.3 Å². The smallest absolute Gasteiger partial charge is 0.255 e. The highest BCUT2D eigenvalue weighted by molar-refractivity contribution is 6.05. The summed E-state index contributed by atoms with van der Waals surface area (Å²) in [6, 6.07) is 10.9. The number of anilines is 2. The molecular weight excluding hydrogens is 266 g/mol. The summed E-state index contributed by atoms with van der Waals surface area (Å²) >= 11 is 0. The molecule has 5 nitrogen and oxygen atoms in total. The first-order chi connectivity index (χ1) is 10.0. The van der Waals surface area contributed by atoms with Gasteiger partial charge in [0, 0.05) is 5.56 Å². The quantitative estimate of drug-likeness (QED) is 0.596. The first-order valence-corrected chi connectivity index (χ1v) is 6.58. The van der Waals surface area contributed by atoms with Gasteiger partial charge in [-0.3, -0.25) is 10.6 Å². The highest BCUT2D eigenvalue weighted by Gasteiger charge is 2.11. The molecule has 110 valence electrons. The average Bonchev–Trinajstić information content (AvgIpc) is 2.47. The van der Waals surface area contributed by atoms with Crippen molar-refractivity contribution < 1.29 is 9.53 Å². The molecule has 0 aliphatic carbocycles. The fraction of sp³-hybridized carbons (Fsp3) is 0.188. The highest BCUT2D eigenvalue weighted by Crippen LogP contribution is 2.26. The number of nitrogens with one attached hydrogen (secondary N) is 2. The Balaban J connectivity index is 2.26. The van der Waals surface area contributed by atoms with E-state index in [-0.39, 0.29) is 5.91 Å². The lowest BCUT2D eigenvalue weighted by molar-refractivity contribution is 0.102. The van der Waals surface area contributed by atoms with E-state index >= 15 is 0 Å². The monoisotopic (exact) mass is 285 g/mol. The van der Waals surface area contributed by atoms with Crippen molar-refractivity contribution in [2.24, 2.45) is 5.84 Å². The van der Waals surface area contributed by atoms with Gasteiger partial charge in [-0.15, -0.1) is 0 Å². The third-order valence-corrected chi connectivity index (χ3v) is 3.25. The second-order valence-corrected chi connectivity index (χ2v) is 4.83. The van der Waals surface area contributed by atoms with E-state index in [1.54, 1.807) is 25.3 Å². The number of amides is 1. The van der Waals surface area contributed by atoms with E-state index in [0.717, 1.165) is 16.8 Å². The maximum Gasteiger partial charge on any atom is 0.255 e. The molecule has 1 amide bonds. The molecule has 0 spiro atoms. The predicted octanol–water partition coefficient (Wildman–Crippen LogP) is 2.85. The second kappa shape index (κ2) is 6.28. The molecule has 0 fully saturated rings. The van der Waals surface area contributed by atoms with Crippen molar-refractivity contribution in [3.05, 3.63) is 53.1 Å². The molecule has 0 bridgehead atoms. The molecule has 5 heteroatoms. The number of hydrogen-bond donors (Lipinski definition) is 3. The predicted molar refractivity (Wildman–Crippen MR) is 84.7 cm³/mol. The number of carbonyl (C=O) groups excluding carboxylic acids is 1. The number of ether oxygens (including phenoxy) is 1. The SMILES string of the molecule is COc1ccc(C)cc1NC(=O)c1ccc(NN)c(C)c1. The normalized spacial score (nSPS) is 10.1. The zero-order valence-electron chi connectivity index (χ0n) is 12.4. The maximum atomic E-state index is 12.3. The zero-order valence-corrected chi connectivity index (χ0v) is 12.4. The van der Waals surface area contributed by atoms with E-state index in [2.05, 4.69) is 10.7 Å². The Hall–Kier alpha value is -2.53. The fourth-order valence-electron chi connectivity index (χ4n) is 2.08. The topological polar surface area (TPSA) is 76.4 Å². The number of aryl methyl sites for hydroxylation is 2. The number of carbonyl (C=O) groups is 1. The van der Waals surface area contributed by atoms with Crippen molar-refractivity contribution in [2.75, 3.05) is 17.9 Å². The van der Waals surface area contributed by atoms with E-state index in [1.165, 1.54) is 0 Å². The number of nitrogens with two attached hydrogens (primary N) is 1. The van der Waals surface area contributed by atoms with Gasteiger partial charge >= 0.3 is 0 Å². The van der Waals surface area contributed by atoms with Gasteiger partial charge in [0.05, 0.1) is 18.5 Å². The first-order valence-electron chi connectivity index (χ1n) is 6.58. The number of benzene rings is 2. The number of methoxy groups -OCH3 is 1. The maximum absolute atomic E-state index is 12.3. The van der Waals surface area contributed by atoms with Crippen LogP contribution in [0.5, 0.6) is 5.75 Å². The minimum absolute atomic E-state index is 0.189. The van der Waals surface area contributed by atoms with Crippen LogP contribution >= 0.6 is 0 Å². The molecule has 0 aliphatic heterocycles. The van der Waals surface area contributed by atoms with Gasteiger partial charge in [0.1, 0.15) is 5.75 Å². The summed E-state index contributed by atoms with van der Waals surface area (Å²) in [4.78, 5) is 12.3. The summed E-state index contributed by atoms with van der Waals surface area (Å²) in [5.41, 5.74) is 6.55. The Bertz CT molecular complexity index is 669. The van der Waals surface area contributed by atoms with Crippen LogP contribution in [-0.4, -0.2) is 13.0 Å². The van der Waals surface area contributed by atoms with E-state index < -0.39 is 0 Å². The van der Waals surface area contributed by atoms with Gasteiger partial charge < -0.3 is 15.5 Å². The van der Waals surface area contributed by atoms with E-state index in [4.69, 9.17) is 10.6 Å². The van der Waals surface area contributed by atoms with Gasteiger partial charge in [0.15, 0.2) is 0 Å². The number of nitrogen functional groups attached to an aromatic ring is 1. The van der Waals surface area contributed by atoms with Gasteiger partial charge in [0.2, 0.25) is 0 Å². The molecule has 0 atom stereocenters. The Morgan fingerprint density at radius 2 is 1.86 bits per heavy atom. The van der Waals surface area contributed by atoms with Crippen molar-refractivity contribution in [1.82, 2.24) is 0 Å². The summed E-state index contributed by atoms with van der Waals surface area (Å²) < 4.78 is 5.26. The molecule has 0 aliphatic rings. The lowest BCUT2D eigenvalue weighted by Gasteiger charge is -2.12. The molecule has 0 radical (unpaired) electrons. The van der Waals surface area contributed by atoms with Crippen molar-refractivity contribution in [2.45, 2.75) is 13.8 Å². The number of hydrazine groups is 1. The molecule has 0 heterocycles.